The molecule has 1 aliphatic carbocycles. The molecule has 1 aliphatic rings. The van der Waals surface area contributed by atoms with Gasteiger partial charge in [-0.15, -0.1) is 0 Å². The van der Waals surface area contributed by atoms with E-state index in [2.05, 4.69) is 0 Å². The monoisotopic (exact) mass is 195 g/mol. The summed E-state index contributed by atoms with van der Waals surface area (Å²) >= 11 is 0. The van der Waals surface area contributed by atoms with Gasteiger partial charge in [0.05, 0.1) is 0 Å². The zero-order valence-electron chi connectivity index (χ0n) is 7.63. The molecule has 2 N–H and O–H groups in total. The average Bonchev–Trinajstić information content (AvgIpc) is 1.99. The molecular formula is C11H11F2N. The van der Waals surface area contributed by atoms with E-state index in [4.69, 9.17) is 5.73 Å². The van der Waals surface area contributed by atoms with Gasteiger partial charge in [0, 0.05) is 12.1 Å². The standard InChI is InChI=1S/C11H11F2N/c12-9-2-7(3-10(13)6-9)1-8-4-11(14)5-8/h1-3,6,11H,4-5,14H2. The van der Waals surface area contributed by atoms with Gasteiger partial charge >= 0.3 is 0 Å². The molecule has 14 heavy (non-hydrogen) atoms. The van der Waals surface area contributed by atoms with Crippen LogP contribution in [0.5, 0.6) is 0 Å². The molecule has 1 aromatic rings. The van der Waals surface area contributed by atoms with Crippen molar-refractivity contribution in [1.82, 2.24) is 0 Å². The van der Waals surface area contributed by atoms with Crippen molar-refractivity contribution >= 4 is 6.08 Å². The van der Waals surface area contributed by atoms with Crippen molar-refractivity contribution in [2.75, 3.05) is 0 Å². The zero-order valence-corrected chi connectivity index (χ0v) is 7.63. The Hall–Kier alpha value is -1.22. The van der Waals surface area contributed by atoms with Crippen molar-refractivity contribution in [3.05, 3.63) is 41.0 Å². The van der Waals surface area contributed by atoms with Gasteiger partial charge in [-0.2, -0.15) is 0 Å². The summed E-state index contributed by atoms with van der Waals surface area (Å²) in [6.07, 6.45) is 3.46. The number of nitrogens with two attached hydrogens (primary N) is 1. The second-order valence-corrected chi connectivity index (χ2v) is 3.67. The molecule has 1 fully saturated rings. The van der Waals surface area contributed by atoms with E-state index < -0.39 is 11.6 Å². The first kappa shape index (κ1) is 9.34. The lowest BCUT2D eigenvalue weighted by Crippen LogP contribution is -2.29. The van der Waals surface area contributed by atoms with E-state index in [9.17, 15) is 8.78 Å². The minimum Gasteiger partial charge on any atom is -0.327 e. The summed E-state index contributed by atoms with van der Waals surface area (Å²) in [5, 5.41) is 0. The highest BCUT2D eigenvalue weighted by Crippen LogP contribution is 2.27. The van der Waals surface area contributed by atoms with Crippen LogP contribution in [0.4, 0.5) is 8.78 Å². The van der Waals surface area contributed by atoms with Gasteiger partial charge in [0.15, 0.2) is 0 Å². The molecule has 74 valence electrons. The van der Waals surface area contributed by atoms with E-state index in [-0.39, 0.29) is 6.04 Å². The van der Waals surface area contributed by atoms with Gasteiger partial charge < -0.3 is 5.73 Å². The number of hydrogen-bond donors (Lipinski definition) is 1. The van der Waals surface area contributed by atoms with Crippen LogP contribution in [0.2, 0.25) is 0 Å². The molecule has 0 radical (unpaired) electrons. The average molecular weight is 195 g/mol. The van der Waals surface area contributed by atoms with E-state index >= 15 is 0 Å². The Bertz CT molecular complexity index is 357. The number of hydrogen-bond acceptors (Lipinski definition) is 1. The smallest absolute Gasteiger partial charge is 0.126 e. The molecule has 0 atom stereocenters. The molecule has 2 rings (SSSR count). The highest BCUT2D eigenvalue weighted by atomic mass is 19.1. The second kappa shape index (κ2) is 3.50. The van der Waals surface area contributed by atoms with Crippen molar-refractivity contribution in [3.63, 3.8) is 0 Å². The van der Waals surface area contributed by atoms with Crippen LogP contribution in [0, 0.1) is 11.6 Å². The summed E-state index contributed by atoms with van der Waals surface area (Å²) in [5.41, 5.74) is 7.32. The third-order valence-electron chi connectivity index (χ3n) is 2.30. The Morgan fingerprint density at radius 3 is 2.21 bits per heavy atom. The first-order valence-electron chi connectivity index (χ1n) is 4.54. The van der Waals surface area contributed by atoms with E-state index in [0.717, 1.165) is 24.5 Å². The molecule has 0 aliphatic heterocycles. The van der Waals surface area contributed by atoms with Gasteiger partial charge in [0.1, 0.15) is 11.6 Å². The van der Waals surface area contributed by atoms with Crippen LogP contribution >= 0.6 is 0 Å². The Labute approximate surface area is 81.2 Å². The van der Waals surface area contributed by atoms with E-state index in [1.807, 2.05) is 0 Å². The summed E-state index contributed by atoms with van der Waals surface area (Å²) in [7, 11) is 0. The van der Waals surface area contributed by atoms with Crippen molar-refractivity contribution in [3.8, 4) is 0 Å². The normalized spacial score (nSPS) is 20.5. The van der Waals surface area contributed by atoms with Gasteiger partial charge in [-0.1, -0.05) is 11.6 Å². The summed E-state index contributed by atoms with van der Waals surface area (Å²) in [6.45, 7) is 0. The summed E-state index contributed by atoms with van der Waals surface area (Å²) in [5.74, 6) is -1.08. The predicted octanol–water partition coefficient (Wildman–Crippen LogP) is 2.47. The third-order valence-corrected chi connectivity index (χ3v) is 2.30. The van der Waals surface area contributed by atoms with Crippen LogP contribution in [0.3, 0.4) is 0 Å². The van der Waals surface area contributed by atoms with Crippen molar-refractivity contribution in [1.29, 1.82) is 0 Å². The highest BCUT2D eigenvalue weighted by molar-refractivity contribution is 5.55. The third kappa shape index (κ3) is 1.99. The molecule has 0 aromatic heterocycles. The first-order chi connectivity index (χ1) is 6.63. The quantitative estimate of drug-likeness (QED) is 0.731. The molecule has 1 saturated carbocycles. The van der Waals surface area contributed by atoms with Gasteiger partial charge in [0.2, 0.25) is 0 Å². The summed E-state index contributed by atoms with van der Waals surface area (Å²) < 4.78 is 25.6. The fourth-order valence-electron chi connectivity index (χ4n) is 1.63. The molecule has 0 unspecified atom stereocenters. The van der Waals surface area contributed by atoms with E-state index in [0.29, 0.717) is 5.56 Å². The molecule has 0 saturated heterocycles. The molecule has 0 spiro atoms. The molecule has 1 nitrogen and oxygen atoms in total. The highest BCUT2D eigenvalue weighted by Gasteiger charge is 2.18. The number of benzene rings is 1. The molecular weight excluding hydrogens is 184 g/mol. The van der Waals surface area contributed by atoms with Crippen LogP contribution in [0.1, 0.15) is 18.4 Å². The Kier molecular flexibility index (Phi) is 2.33. The fraction of sp³-hybridized carbons (Fsp3) is 0.273. The fourth-order valence-corrected chi connectivity index (χ4v) is 1.63. The lowest BCUT2D eigenvalue weighted by molar-refractivity contribution is 0.546. The lowest BCUT2D eigenvalue weighted by atomic mass is 9.86. The zero-order chi connectivity index (χ0) is 10.1. The van der Waals surface area contributed by atoms with Crippen molar-refractivity contribution < 1.29 is 8.78 Å². The Morgan fingerprint density at radius 2 is 1.71 bits per heavy atom. The largest absolute Gasteiger partial charge is 0.327 e. The maximum Gasteiger partial charge on any atom is 0.126 e. The first-order valence-corrected chi connectivity index (χ1v) is 4.54. The molecule has 0 bridgehead atoms. The van der Waals surface area contributed by atoms with Crippen molar-refractivity contribution in [2.45, 2.75) is 18.9 Å². The Balaban J connectivity index is 2.21. The number of rotatable bonds is 1. The molecule has 0 heterocycles. The van der Waals surface area contributed by atoms with Gasteiger partial charge in [0.25, 0.3) is 0 Å². The molecule has 1 aromatic carbocycles. The Morgan fingerprint density at radius 1 is 1.14 bits per heavy atom. The van der Waals surface area contributed by atoms with Crippen LogP contribution in [0.25, 0.3) is 6.08 Å². The van der Waals surface area contributed by atoms with Gasteiger partial charge in [-0.25, -0.2) is 8.78 Å². The lowest BCUT2D eigenvalue weighted by Gasteiger charge is -2.25. The summed E-state index contributed by atoms with van der Waals surface area (Å²) in [6, 6.07) is 3.73. The predicted molar refractivity (Wildman–Crippen MR) is 51.5 cm³/mol. The molecule has 3 heteroatoms. The van der Waals surface area contributed by atoms with Crippen LogP contribution in [0.15, 0.2) is 23.8 Å². The maximum absolute atomic E-state index is 12.8. The maximum atomic E-state index is 12.8. The van der Waals surface area contributed by atoms with Crippen molar-refractivity contribution in [2.24, 2.45) is 5.73 Å². The topological polar surface area (TPSA) is 26.0 Å². The van der Waals surface area contributed by atoms with Crippen LogP contribution in [-0.4, -0.2) is 6.04 Å². The number of halogens is 2. The van der Waals surface area contributed by atoms with Crippen LogP contribution in [-0.2, 0) is 0 Å². The van der Waals surface area contributed by atoms with Crippen LogP contribution < -0.4 is 5.73 Å². The second-order valence-electron chi connectivity index (χ2n) is 3.67. The SMILES string of the molecule is NC1CC(=Cc2cc(F)cc(F)c2)C1. The minimum absolute atomic E-state index is 0.222. The van der Waals surface area contributed by atoms with Gasteiger partial charge in [-0.3, -0.25) is 0 Å². The van der Waals surface area contributed by atoms with E-state index in [1.165, 1.54) is 12.1 Å². The van der Waals surface area contributed by atoms with E-state index in [1.54, 1.807) is 6.08 Å². The molecule has 0 amide bonds. The minimum atomic E-state index is -0.541. The van der Waals surface area contributed by atoms with Gasteiger partial charge in [-0.05, 0) is 30.5 Å². The summed E-state index contributed by atoms with van der Waals surface area (Å²) in [4.78, 5) is 0.